The third kappa shape index (κ3) is 2.29. The second kappa shape index (κ2) is 4.72. The van der Waals surface area contributed by atoms with Gasteiger partial charge in [-0.2, -0.15) is 5.26 Å². The van der Waals surface area contributed by atoms with Gasteiger partial charge >= 0.3 is 5.69 Å². The fraction of sp³-hybridized carbons (Fsp3) is 0.0909. The van der Waals surface area contributed by atoms with Crippen LogP contribution in [0.4, 0.5) is 0 Å². The van der Waals surface area contributed by atoms with Gasteiger partial charge in [0.1, 0.15) is 11.2 Å². The molecule has 0 unspecified atom stereocenters. The van der Waals surface area contributed by atoms with E-state index in [1.807, 2.05) is 12.1 Å². The third-order valence-corrected chi connectivity index (χ3v) is 2.41. The number of nitrogens with zero attached hydrogens (tertiary/aromatic N) is 3. The highest BCUT2D eigenvalue weighted by Crippen LogP contribution is 2.13. The zero-order valence-electron chi connectivity index (χ0n) is 8.75. The van der Waals surface area contributed by atoms with Gasteiger partial charge in [0.05, 0.1) is 17.5 Å². The fourth-order valence-electron chi connectivity index (χ4n) is 1.47. The van der Waals surface area contributed by atoms with E-state index in [4.69, 9.17) is 17.5 Å². The molecular formula is C11H8N4OS. The maximum Gasteiger partial charge on any atom is 0.327 e. The maximum atomic E-state index is 11.7. The molecule has 0 atom stereocenters. The Kier molecular flexibility index (Phi) is 3.12. The summed E-state index contributed by atoms with van der Waals surface area (Å²) >= 11 is 4.95. The van der Waals surface area contributed by atoms with E-state index >= 15 is 0 Å². The van der Waals surface area contributed by atoms with Crippen molar-refractivity contribution in [3.05, 3.63) is 45.6 Å². The van der Waals surface area contributed by atoms with Gasteiger partial charge in [0.15, 0.2) is 0 Å². The molecule has 0 aliphatic rings. The van der Waals surface area contributed by atoms with Crippen LogP contribution >= 0.6 is 12.2 Å². The summed E-state index contributed by atoms with van der Waals surface area (Å²) in [5, 5.41) is 8.71. The largest absolute Gasteiger partial charge is 0.327 e. The summed E-state index contributed by atoms with van der Waals surface area (Å²) in [6, 6.07) is 8.90. The molecule has 84 valence electrons. The lowest BCUT2D eigenvalue weighted by Gasteiger charge is -2.07. The van der Waals surface area contributed by atoms with Crippen molar-refractivity contribution in [3.63, 3.8) is 0 Å². The van der Waals surface area contributed by atoms with Crippen molar-refractivity contribution in [1.29, 1.82) is 5.26 Å². The molecule has 0 fully saturated rings. The van der Waals surface area contributed by atoms with E-state index in [1.165, 1.54) is 4.57 Å². The lowest BCUT2D eigenvalue weighted by atomic mass is 10.2. The Morgan fingerprint density at radius 2 is 2.35 bits per heavy atom. The van der Waals surface area contributed by atoms with E-state index in [-0.39, 0.29) is 6.54 Å². The van der Waals surface area contributed by atoms with Crippen LogP contribution in [-0.4, -0.2) is 14.5 Å². The van der Waals surface area contributed by atoms with E-state index in [0.717, 1.165) is 0 Å². The lowest BCUT2D eigenvalue weighted by molar-refractivity contribution is 0.755. The average Bonchev–Trinajstić information content (AvgIpc) is 2.33. The predicted octanol–water partition coefficient (Wildman–Crippen LogP) is 1.49. The van der Waals surface area contributed by atoms with Gasteiger partial charge in [-0.1, -0.05) is 18.3 Å². The van der Waals surface area contributed by atoms with Crippen LogP contribution in [-0.2, 0) is 6.54 Å². The lowest BCUT2D eigenvalue weighted by Crippen LogP contribution is -2.24. The van der Waals surface area contributed by atoms with E-state index < -0.39 is 5.69 Å². The predicted molar refractivity (Wildman–Crippen MR) is 64.7 cm³/mol. The molecule has 0 radical (unpaired) electrons. The molecule has 0 aromatic carbocycles. The number of hydrogen-bond donors (Lipinski definition) is 1. The molecule has 0 bridgehead atoms. The van der Waals surface area contributed by atoms with Crippen molar-refractivity contribution in [2.24, 2.45) is 0 Å². The van der Waals surface area contributed by atoms with E-state index in [0.29, 0.717) is 16.0 Å². The van der Waals surface area contributed by atoms with E-state index in [2.05, 4.69) is 9.97 Å². The average molecular weight is 244 g/mol. The number of rotatable bonds is 2. The fourth-order valence-corrected chi connectivity index (χ4v) is 1.67. The van der Waals surface area contributed by atoms with Crippen molar-refractivity contribution < 1.29 is 0 Å². The van der Waals surface area contributed by atoms with Crippen LogP contribution in [0.1, 0.15) is 0 Å². The van der Waals surface area contributed by atoms with Gasteiger partial charge in [0, 0.05) is 6.20 Å². The second-order valence-corrected chi connectivity index (χ2v) is 3.72. The Hall–Kier alpha value is -2.26. The summed E-state index contributed by atoms with van der Waals surface area (Å²) in [7, 11) is 0. The Morgan fingerprint density at radius 3 is 3.00 bits per heavy atom. The molecule has 2 rings (SSSR count). The van der Waals surface area contributed by atoms with Gasteiger partial charge in [0.25, 0.3) is 0 Å². The molecule has 0 spiro atoms. The smallest absolute Gasteiger partial charge is 0.298 e. The highest BCUT2D eigenvalue weighted by atomic mass is 32.1. The molecule has 2 aromatic heterocycles. The standard InChI is InChI=1S/C11H8N4OS/c12-4-6-15-9(7-10(17)14-11(15)16)8-3-1-2-5-13-8/h1-3,5,7H,6H2,(H,14,16,17). The number of H-pyrrole nitrogens is 1. The summed E-state index contributed by atoms with van der Waals surface area (Å²) in [5.74, 6) is 0. The zero-order valence-corrected chi connectivity index (χ0v) is 9.57. The van der Waals surface area contributed by atoms with Crippen LogP contribution in [0.25, 0.3) is 11.4 Å². The Morgan fingerprint density at radius 1 is 1.53 bits per heavy atom. The molecule has 0 aliphatic carbocycles. The first-order valence-corrected chi connectivity index (χ1v) is 5.25. The zero-order chi connectivity index (χ0) is 12.3. The number of nitrogens with one attached hydrogen (secondary N) is 1. The normalized spacial score (nSPS) is 9.82. The SMILES string of the molecule is N#CCn1c(-c2ccccn2)cc(=S)[nH]c1=O. The second-order valence-electron chi connectivity index (χ2n) is 3.28. The molecule has 0 amide bonds. The van der Waals surface area contributed by atoms with Crippen LogP contribution in [0.5, 0.6) is 0 Å². The number of hydrogen-bond acceptors (Lipinski definition) is 4. The van der Waals surface area contributed by atoms with Crippen molar-refractivity contribution in [3.8, 4) is 17.5 Å². The Bertz CT molecular complexity index is 681. The Labute approximate surface area is 102 Å². The molecule has 1 N–H and O–H groups in total. The van der Waals surface area contributed by atoms with E-state index in [1.54, 1.807) is 24.4 Å². The van der Waals surface area contributed by atoms with Crippen LogP contribution in [0.2, 0.25) is 0 Å². The first-order valence-electron chi connectivity index (χ1n) is 4.85. The van der Waals surface area contributed by atoms with Crippen molar-refractivity contribution >= 4 is 12.2 Å². The number of aromatic amines is 1. The molecule has 5 nitrogen and oxygen atoms in total. The first kappa shape index (κ1) is 11.2. The molecule has 17 heavy (non-hydrogen) atoms. The first-order chi connectivity index (χ1) is 8.22. The van der Waals surface area contributed by atoms with Crippen molar-refractivity contribution in [2.75, 3.05) is 0 Å². The van der Waals surface area contributed by atoms with Crippen LogP contribution < -0.4 is 5.69 Å². The topological polar surface area (TPSA) is 74.5 Å². The summed E-state index contributed by atoms with van der Waals surface area (Å²) < 4.78 is 1.63. The van der Waals surface area contributed by atoms with Crippen molar-refractivity contribution in [1.82, 2.24) is 14.5 Å². The van der Waals surface area contributed by atoms with Gasteiger partial charge in [-0.05, 0) is 18.2 Å². The number of aromatic nitrogens is 3. The monoisotopic (exact) mass is 244 g/mol. The molecule has 0 saturated carbocycles. The summed E-state index contributed by atoms with van der Waals surface area (Å²) in [5.41, 5.74) is 0.751. The van der Waals surface area contributed by atoms with Crippen LogP contribution in [0.15, 0.2) is 35.3 Å². The highest BCUT2D eigenvalue weighted by Gasteiger charge is 2.07. The van der Waals surface area contributed by atoms with Gasteiger partial charge in [0.2, 0.25) is 0 Å². The molecule has 6 heteroatoms. The molecule has 2 heterocycles. The number of nitriles is 1. The van der Waals surface area contributed by atoms with Gasteiger partial charge in [-0.25, -0.2) is 4.79 Å². The van der Waals surface area contributed by atoms with Crippen molar-refractivity contribution in [2.45, 2.75) is 6.54 Å². The summed E-state index contributed by atoms with van der Waals surface area (Å²) in [4.78, 5) is 18.3. The van der Waals surface area contributed by atoms with Gasteiger partial charge in [-0.3, -0.25) is 14.5 Å². The molecular weight excluding hydrogens is 236 g/mol. The minimum atomic E-state index is -0.403. The summed E-state index contributed by atoms with van der Waals surface area (Å²) in [6.07, 6.45) is 1.62. The van der Waals surface area contributed by atoms with Gasteiger partial charge in [-0.15, -0.1) is 0 Å². The quantitative estimate of drug-likeness (QED) is 0.812. The summed E-state index contributed by atoms with van der Waals surface area (Å²) in [6.45, 7) is -0.0448. The molecule has 0 aliphatic heterocycles. The maximum absolute atomic E-state index is 11.7. The molecule has 0 saturated heterocycles. The highest BCUT2D eigenvalue weighted by molar-refractivity contribution is 7.71. The van der Waals surface area contributed by atoms with Crippen LogP contribution in [0.3, 0.4) is 0 Å². The Balaban J connectivity index is 2.73. The van der Waals surface area contributed by atoms with Crippen LogP contribution in [0, 0.1) is 16.0 Å². The molecule has 2 aromatic rings. The minimum absolute atomic E-state index is 0.0448. The van der Waals surface area contributed by atoms with Gasteiger partial charge < -0.3 is 0 Å². The van der Waals surface area contributed by atoms with E-state index in [9.17, 15) is 4.79 Å². The number of pyridine rings is 1. The third-order valence-electron chi connectivity index (χ3n) is 2.19. The minimum Gasteiger partial charge on any atom is -0.298 e.